The van der Waals surface area contributed by atoms with E-state index in [1.165, 1.54) is 5.56 Å². The zero-order chi connectivity index (χ0) is 15.6. The van der Waals surface area contributed by atoms with Gasteiger partial charge in [0.2, 0.25) is 10.0 Å². The molecule has 21 heavy (non-hydrogen) atoms. The van der Waals surface area contributed by atoms with Crippen LogP contribution in [0.4, 0.5) is 5.69 Å². The summed E-state index contributed by atoms with van der Waals surface area (Å²) in [5, 5.41) is 3.22. The number of likely N-dealkylation sites (N-methyl/N-ethyl adjacent to an activating group) is 1. The van der Waals surface area contributed by atoms with Crippen molar-refractivity contribution in [2.24, 2.45) is 5.92 Å². The van der Waals surface area contributed by atoms with E-state index in [2.05, 4.69) is 10.0 Å². The largest absolute Gasteiger partial charge is 0.384 e. The van der Waals surface area contributed by atoms with Gasteiger partial charge < -0.3 is 10.2 Å². The highest BCUT2D eigenvalue weighted by Gasteiger charge is 2.24. The molecule has 0 fully saturated rings. The average molecular weight is 311 g/mol. The Labute approximate surface area is 127 Å². The zero-order valence-corrected chi connectivity index (χ0v) is 14.0. The molecule has 0 aromatic heterocycles. The van der Waals surface area contributed by atoms with Crippen molar-refractivity contribution in [3.8, 4) is 0 Å². The lowest BCUT2D eigenvalue weighted by Gasteiger charge is -2.25. The van der Waals surface area contributed by atoms with Crippen molar-refractivity contribution in [1.29, 1.82) is 0 Å². The first-order chi connectivity index (χ1) is 9.79. The summed E-state index contributed by atoms with van der Waals surface area (Å²) < 4.78 is 28.0. The Hall–Kier alpha value is -1.11. The smallest absolute Gasteiger partial charge is 0.240 e. The molecule has 118 valence electrons. The van der Waals surface area contributed by atoms with Crippen LogP contribution < -0.4 is 10.0 Å². The van der Waals surface area contributed by atoms with E-state index in [1.807, 2.05) is 38.9 Å². The lowest BCUT2D eigenvalue weighted by molar-refractivity contribution is 0.314. The van der Waals surface area contributed by atoms with Crippen LogP contribution in [0.5, 0.6) is 0 Å². The third kappa shape index (κ3) is 3.96. The molecule has 1 aromatic carbocycles. The molecule has 0 saturated carbocycles. The van der Waals surface area contributed by atoms with Crippen molar-refractivity contribution in [2.75, 3.05) is 32.5 Å². The Bertz CT molecular complexity index is 597. The highest BCUT2D eigenvalue weighted by Crippen LogP contribution is 2.25. The van der Waals surface area contributed by atoms with E-state index in [0.29, 0.717) is 11.4 Å². The summed E-state index contributed by atoms with van der Waals surface area (Å²) in [7, 11) is 0.406. The van der Waals surface area contributed by atoms with E-state index in [-0.39, 0.29) is 12.0 Å². The van der Waals surface area contributed by atoms with Gasteiger partial charge in [-0.15, -0.1) is 0 Å². The van der Waals surface area contributed by atoms with Gasteiger partial charge in [-0.1, -0.05) is 19.9 Å². The third-order valence-corrected chi connectivity index (χ3v) is 5.26. The number of benzene rings is 1. The van der Waals surface area contributed by atoms with Gasteiger partial charge in [0, 0.05) is 24.8 Å². The number of nitrogens with zero attached hydrogens (tertiary/aromatic N) is 1. The molecule has 0 bridgehead atoms. The van der Waals surface area contributed by atoms with E-state index in [0.717, 1.165) is 18.7 Å². The molecule has 2 N–H and O–H groups in total. The number of nitrogens with one attached hydrogen (secondary N) is 2. The fourth-order valence-corrected chi connectivity index (χ4v) is 3.88. The number of hydrogen-bond donors (Lipinski definition) is 2. The highest BCUT2D eigenvalue weighted by molar-refractivity contribution is 7.89. The molecule has 1 aliphatic heterocycles. The summed E-state index contributed by atoms with van der Waals surface area (Å²) in [6, 6.07) is 5.23. The van der Waals surface area contributed by atoms with Crippen LogP contribution in [-0.2, 0) is 16.4 Å². The van der Waals surface area contributed by atoms with Gasteiger partial charge in [0.25, 0.3) is 0 Å². The molecule has 0 saturated heterocycles. The van der Waals surface area contributed by atoms with Crippen molar-refractivity contribution >= 4 is 15.7 Å². The quantitative estimate of drug-likeness (QED) is 0.836. The molecule has 1 atom stereocenters. The van der Waals surface area contributed by atoms with Gasteiger partial charge in [0.15, 0.2) is 0 Å². The minimum Gasteiger partial charge on any atom is -0.384 e. The molecule has 2 rings (SSSR count). The Balaban J connectivity index is 2.21. The Kier molecular flexibility index (Phi) is 4.91. The van der Waals surface area contributed by atoms with Crippen LogP contribution in [-0.4, -0.2) is 46.5 Å². The molecule has 1 aliphatic rings. The summed E-state index contributed by atoms with van der Waals surface area (Å²) in [6.07, 6.45) is 0.957. The van der Waals surface area contributed by atoms with Crippen molar-refractivity contribution in [1.82, 2.24) is 9.62 Å². The van der Waals surface area contributed by atoms with E-state index in [1.54, 1.807) is 12.1 Å². The summed E-state index contributed by atoms with van der Waals surface area (Å²) in [4.78, 5) is 2.33. The molecule has 0 radical (unpaired) electrons. The standard InChI is InChI=1S/C15H25N3O2S/c1-11(2)15(10-18(3)4)17-21(19,20)13-6-5-12-7-8-16-14(12)9-13/h5-6,9,11,15-17H,7-8,10H2,1-4H3. The summed E-state index contributed by atoms with van der Waals surface area (Å²) in [5.74, 6) is 0.231. The molecule has 6 heteroatoms. The third-order valence-electron chi connectivity index (χ3n) is 3.77. The zero-order valence-electron chi connectivity index (χ0n) is 13.2. The maximum atomic E-state index is 12.6. The normalized spacial score (nSPS) is 16.1. The molecular weight excluding hydrogens is 286 g/mol. The predicted octanol–water partition coefficient (Wildman–Crippen LogP) is 1.52. The van der Waals surface area contributed by atoms with Gasteiger partial charge in [0.1, 0.15) is 0 Å². The second-order valence-corrected chi connectivity index (χ2v) is 7.94. The average Bonchev–Trinajstić information content (AvgIpc) is 2.84. The lowest BCUT2D eigenvalue weighted by Crippen LogP contribution is -2.44. The maximum absolute atomic E-state index is 12.6. The fourth-order valence-electron chi connectivity index (χ4n) is 2.48. The first-order valence-corrected chi connectivity index (χ1v) is 8.82. The second-order valence-electron chi connectivity index (χ2n) is 6.23. The number of hydrogen-bond acceptors (Lipinski definition) is 4. The Morgan fingerprint density at radius 1 is 1.33 bits per heavy atom. The van der Waals surface area contributed by atoms with Crippen LogP contribution in [0.25, 0.3) is 0 Å². The van der Waals surface area contributed by atoms with Crippen LogP contribution in [0.1, 0.15) is 19.4 Å². The van der Waals surface area contributed by atoms with Gasteiger partial charge in [-0.2, -0.15) is 0 Å². The molecule has 1 aromatic rings. The number of rotatable bonds is 6. The van der Waals surface area contributed by atoms with E-state index in [4.69, 9.17) is 0 Å². The Morgan fingerprint density at radius 2 is 2.05 bits per heavy atom. The van der Waals surface area contributed by atoms with Gasteiger partial charge in [-0.25, -0.2) is 13.1 Å². The van der Waals surface area contributed by atoms with E-state index >= 15 is 0 Å². The molecule has 1 unspecified atom stereocenters. The molecule has 0 amide bonds. The Morgan fingerprint density at radius 3 is 2.67 bits per heavy atom. The molecular formula is C15H25N3O2S. The molecule has 5 nitrogen and oxygen atoms in total. The first-order valence-electron chi connectivity index (χ1n) is 7.33. The maximum Gasteiger partial charge on any atom is 0.240 e. The number of anilines is 1. The van der Waals surface area contributed by atoms with Gasteiger partial charge >= 0.3 is 0 Å². The first kappa shape index (κ1) is 16.3. The van der Waals surface area contributed by atoms with Crippen molar-refractivity contribution in [2.45, 2.75) is 31.2 Å². The van der Waals surface area contributed by atoms with Crippen LogP contribution in [0.2, 0.25) is 0 Å². The summed E-state index contributed by atoms with van der Waals surface area (Å²) >= 11 is 0. The molecule has 0 spiro atoms. The fraction of sp³-hybridized carbons (Fsp3) is 0.600. The second kappa shape index (κ2) is 6.34. The monoisotopic (exact) mass is 311 g/mol. The number of fused-ring (bicyclic) bond motifs is 1. The van der Waals surface area contributed by atoms with Crippen LogP contribution >= 0.6 is 0 Å². The van der Waals surface area contributed by atoms with Crippen LogP contribution in [0.3, 0.4) is 0 Å². The van der Waals surface area contributed by atoms with Gasteiger partial charge in [0.05, 0.1) is 4.90 Å². The van der Waals surface area contributed by atoms with Crippen molar-refractivity contribution < 1.29 is 8.42 Å². The highest BCUT2D eigenvalue weighted by atomic mass is 32.2. The van der Waals surface area contributed by atoms with Gasteiger partial charge in [-0.3, -0.25) is 0 Å². The minimum atomic E-state index is -3.49. The minimum absolute atomic E-state index is 0.105. The molecule has 0 aliphatic carbocycles. The molecule has 1 heterocycles. The van der Waals surface area contributed by atoms with E-state index < -0.39 is 10.0 Å². The summed E-state index contributed by atoms with van der Waals surface area (Å²) in [6.45, 7) is 5.61. The van der Waals surface area contributed by atoms with Crippen molar-refractivity contribution in [3.63, 3.8) is 0 Å². The number of sulfonamides is 1. The van der Waals surface area contributed by atoms with Crippen LogP contribution in [0, 0.1) is 5.92 Å². The topological polar surface area (TPSA) is 61.4 Å². The van der Waals surface area contributed by atoms with Crippen LogP contribution in [0.15, 0.2) is 23.1 Å². The summed E-state index contributed by atoms with van der Waals surface area (Å²) in [5.41, 5.74) is 2.12. The SMILES string of the molecule is CC(C)C(CN(C)C)NS(=O)(=O)c1ccc2c(c1)NCC2. The van der Waals surface area contributed by atoms with E-state index in [9.17, 15) is 8.42 Å². The lowest BCUT2D eigenvalue weighted by atomic mass is 10.1. The predicted molar refractivity (Wildman–Crippen MR) is 86.1 cm³/mol. The van der Waals surface area contributed by atoms with Crippen molar-refractivity contribution in [3.05, 3.63) is 23.8 Å². The van der Waals surface area contributed by atoms with Gasteiger partial charge in [-0.05, 0) is 44.1 Å².